The van der Waals surface area contributed by atoms with Gasteiger partial charge in [0.25, 0.3) is 5.91 Å². The summed E-state index contributed by atoms with van der Waals surface area (Å²) in [5, 5.41) is 12.9. The van der Waals surface area contributed by atoms with Gasteiger partial charge in [0.15, 0.2) is 11.6 Å². The van der Waals surface area contributed by atoms with Crippen LogP contribution in [0, 0.1) is 5.82 Å². The van der Waals surface area contributed by atoms with Crippen LogP contribution in [0.3, 0.4) is 0 Å². The average molecular weight is 532 g/mol. The molecule has 9 nitrogen and oxygen atoms in total. The zero-order chi connectivity index (χ0) is 28.1. The molecule has 38 heavy (non-hydrogen) atoms. The SMILES string of the molecule is COc1ccc(CN(C(=O)OC(C)(C)C)c2ccc(N3CCOCC3)c(C(=O)NCC(C)(C)O)c2)cc1F. The van der Waals surface area contributed by atoms with E-state index in [9.17, 15) is 19.1 Å². The first kappa shape index (κ1) is 29.2. The number of nitrogens with zero attached hydrogens (tertiary/aromatic N) is 2. The van der Waals surface area contributed by atoms with Crippen LogP contribution in [0.15, 0.2) is 36.4 Å². The molecule has 10 heteroatoms. The molecular formula is C28H38FN3O6. The van der Waals surface area contributed by atoms with Gasteiger partial charge in [0, 0.05) is 31.0 Å². The Morgan fingerprint density at radius 1 is 1.11 bits per heavy atom. The molecule has 1 heterocycles. The molecule has 0 saturated carbocycles. The fraction of sp³-hybridized carbons (Fsp3) is 0.500. The van der Waals surface area contributed by atoms with Crippen LogP contribution in [0.4, 0.5) is 20.6 Å². The number of halogens is 1. The van der Waals surface area contributed by atoms with Crippen molar-refractivity contribution >= 4 is 23.4 Å². The van der Waals surface area contributed by atoms with Gasteiger partial charge in [-0.1, -0.05) is 6.07 Å². The lowest BCUT2D eigenvalue weighted by atomic mass is 10.1. The van der Waals surface area contributed by atoms with Crippen molar-refractivity contribution in [1.82, 2.24) is 5.32 Å². The number of methoxy groups -OCH3 is 1. The fourth-order valence-corrected chi connectivity index (χ4v) is 3.91. The van der Waals surface area contributed by atoms with Gasteiger partial charge < -0.3 is 29.5 Å². The number of amides is 2. The van der Waals surface area contributed by atoms with Gasteiger partial charge >= 0.3 is 6.09 Å². The van der Waals surface area contributed by atoms with Crippen molar-refractivity contribution in [3.8, 4) is 5.75 Å². The number of hydrogen-bond donors (Lipinski definition) is 2. The summed E-state index contributed by atoms with van der Waals surface area (Å²) >= 11 is 0. The van der Waals surface area contributed by atoms with Gasteiger partial charge in [0.1, 0.15) is 5.60 Å². The average Bonchev–Trinajstić information content (AvgIpc) is 2.84. The molecule has 1 fully saturated rings. The normalized spacial score (nSPS) is 14.2. The summed E-state index contributed by atoms with van der Waals surface area (Å²) in [6.07, 6.45) is -0.643. The standard InChI is InChI=1S/C28H38FN3O6/c1-27(2,3)38-26(34)32(17-19-7-10-24(36-6)22(29)15-19)20-8-9-23(31-11-13-37-14-12-31)21(16-20)25(33)30-18-28(4,5)35/h7-10,15-16,35H,11-14,17-18H2,1-6H3,(H,30,33). The van der Waals surface area contributed by atoms with Gasteiger partial charge in [-0.2, -0.15) is 0 Å². The third-order valence-electron chi connectivity index (χ3n) is 5.74. The second-order valence-electron chi connectivity index (χ2n) is 10.8. The summed E-state index contributed by atoms with van der Waals surface area (Å²) < 4.78 is 30.6. The number of ether oxygens (including phenoxy) is 3. The molecule has 0 aliphatic carbocycles. The molecule has 0 atom stereocenters. The maximum absolute atomic E-state index is 14.4. The Morgan fingerprint density at radius 3 is 2.37 bits per heavy atom. The Kier molecular flexibility index (Phi) is 9.22. The minimum atomic E-state index is -1.10. The molecule has 1 aliphatic heterocycles. The van der Waals surface area contributed by atoms with Crippen molar-refractivity contribution < 1.29 is 33.3 Å². The second-order valence-corrected chi connectivity index (χ2v) is 10.8. The largest absolute Gasteiger partial charge is 0.494 e. The number of morpholine rings is 1. The number of hydrogen-bond acceptors (Lipinski definition) is 7. The smallest absolute Gasteiger partial charge is 0.415 e. The highest BCUT2D eigenvalue weighted by Gasteiger charge is 2.27. The Balaban J connectivity index is 2.04. The molecule has 208 valence electrons. The minimum Gasteiger partial charge on any atom is -0.494 e. The van der Waals surface area contributed by atoms with E-state index in [0.29, 0.717) is 48.8 Å². The molecular weight excluding hydrogens is 493 g/mol. The molecule has 2 amide bonds. The summed E-state index contributed by atoms with van der Waals surface area (Å²) in [6, 6.07) is 9.60. The van der Waals surface area contributed by atoms with E-state index in [2.05, 4.69) is 5.32 Å². The Bertz CT molecular complexity index is 1140. The highest BCUT2D eigenvalue weighted by atomic mass is 19.1. The molecule has 1 saturated heterocycles. The van der Waals surface area contributed by atoms with Crippen LogP contribution >= 0.6 is 0 Å². The first-order chi connectivity index (χ1) is 17.8. The summed E-state index contributed by atoms with van der Waals surface area (Å²) in [5.74, 6) is -0.850. The van der Waals surface area contributed by atoms with Crippen LogP contribution < -0.4 is 19.9 Å². The number of anilines is 2. The second kappa shape index (κ2) is 12.0. The van der Waals surface area contributed by atoms with Crippen LogP contribution in [0.25, 0.3) is 0 Å². The third-order valence-corrected chi connectivity index (χ3v) is 5.74. The van der Waals surface area contributed by atoms with Crippen LogP contribution in [0.5, 0.6) is 5.75 Å². The number of nitrogens with one attached hydrogen (secondary N) is 1. The summed E-state index contributed by atoms with van der Waals surface area (Å²) in [4.78, 5) is 30.1. The highest BCUT2D eigenvalue weighted by molar-refractivity contribution is 6.02. The maximum atomic E-state index is 14.4. The first-order valence-corrected chi connectivity index (χ1v) is 12.6. The number of rotatable bonds is 8. The number of benzene rings is 2. The summed E-state index contributed by atoms with van der Waals surface area (Å²) in [6.45, 7) is 10.8. The lowest BCUT2D eigenvalue weighted by molar-refractivity contribution is 0.0577. The molecule has 2 N–H and O–H groups in total. The van der Waals surface area contributed by atoms with E-state index in [-0.39, 0.29) is 18.8 Å². The van der Waals surface area contributed by atoms with E-state index < -0.39 is 29.0 Å². The monoisotopic (exact) mass is 531 g/mol. The van der Waals surface area contributed by atoms with Gasteiger partial charge in [0.2, 0.25) is 0 Å². The topological polar surface area (TPSA) is 101 Å². The van der Waals surface area contributed by atoms with Gasteiger partial charge in [0.05, 0.1) is 38.0 Å². The van der Waals surface area contributed by atoms with Gasteiger partial charge in [-0.25, -0.2) is 9.18 Å². The fourth-order valence-electron chi connectivity index (χ4n) is 3.91. The zero-order valence-corrected chi connectivity index (χ0v) is 23.0. The lowest BCUT2D eigenvalue weighted by Gasteiger charge is -2.32. The molecule has 2 aromatic rings. The van der Waals surface area contributed by atoms with E-state index in [1.54, 1.807) is 58.9 Å². The quantitative estimate of drug-likeness (QED) is 0.529. The van der Waals surface area contributed by atoms with Crippen LogP contribution in [-0.2, 0) is 16.0 Å². The summed E-state index contributed by atoms with van der Waals surface area (Å²) in [5.41, 5.74) is 0.0579. The minimum absolute atomic E-state index is 0.00252. The van der Waals surface area contributed by atoms with Crippen molar-refractivity contribution in [2.24, 2.45) is 0 Å². The lowest BCUT2D eigenvalue weighted by Crippen LogP contribution is -2.41. The van der Waals surface area contributed by atoms with E-state index in [1.165, 1.54) is 24.1 Å². The predicted octanol–water partition coefficient (Wildman–Crippen LogP) is 4.11. The van der Waals surface area contributed by atoms with Crippen LogP contribution in [0.1, 0.15) is 50.5 Å². The number of carbonyl (C=O) groups excluding carboxylic acids is 2. The molecule has 0 unspecified atom stereocenters. The van der Waals surface area contributed by atoms with Crippen molar-refractivity contribution in [3.63, 3.8) is 0 Å². The van der Waals surface area contributed by atoms with Crippen molar-refractivity contribution in [1.29, 1.82) is 0 Å². The predicted molar refractivity (Wildman–Crippen MR) is 143 cm³/mol. The molecule has 0 bridgehead atoms. The molecule has 0 aromatic heterocycles. The highest BCUT2D eigenvalue weighted by Crippen LogP contribution is 2.30. The summed E-state index contributed by atoms with van der Waals surface area (Å²) in [7, 11) is 1.38. The van der Waals surface area contributed by atoms with E-state index >= 15 is 0 Å². The van der Waals surface area contributed by atoms with Crippen LogP contribution in [0.2, 0.25) is 0 Å². The maximum Gasteiger partial charge on any atom is 0.415 e. The molecule has 1 aliphatic rings. The first-order valence-electron chi connectivity index (χ1n) is 12.6. The van der Waals surface area contributed by atoms with E-state index in [0.717, 1.165) is 0 Å². The van der Waals surface area contributed by atoms with Crippen molar-refractivity contribution in [3.05, 3.63) is 53.3 Å². The van der Waals surface area contributed by atoms with Crippen molar-refractivity contribution in [2.45, 2.75) is 52.4 Å². The van der Waals surface area contributed by atoms with Gasteiger partial charge in [-0.3, -0.25) is 9.69 Å². The molecule has 0 spiro atoms. The van der Waals surface area contributed by atoms with Crippen molar-refractivity contribution in [2.75, 3.05) is 49.8 Å². The molecule has 3 rings (SSSR count). The third kappa shape index (κ3) is 8.06. The number of carbonyl (C=O) groups is 2. The number of aliphatic hydroxyl groups is 1. The molecule has 0 radical (unpaired) electrons. The van der Waals surface area contributed by atoms with E-state index in [4.69, 9.17) is 14.2 Å². The van der Waals surface area contributed by atoms with Crippen LogP contribution in [-0.4, -0.2) is 68.3 Å². The Labute approximate surface area is 223 Å². The van der Waals surface area contributed by atoms with E-state index in [1.807, 2.05) is 4.90 Å². The van der Waals surface area contributed by atoms with Gasteiger partial charge in [-0.15, -0.1) is 0 Å². The zero-order valence-electron chi connectivity index (χ0n) is 23.0. The Hall–Kier alpha value is -3.37. The Morgan fingerprint density at radius 2 is 1.79 bits per heavy atom. The van der Waals surface area contributed by atoms with Gasteiger partial charge in [-0.05, 0) is 70.5 Å². The molecule has 2 aromatic carbocycles.